The summed E-state index contributed by atoms with van der Waals surface area (Å²) in [6, 6.07) is 10.8. The number of nitrogens with zero attached hydrogens (tertiary/aromatic N) is 4. The molecule has 1 atom stereocenters. The number of hydrogen-bond donors (Lipinski definition) is 1. The maximum absolute atomic E-state index is 5.01. The van der Waals surface area contributed by atoms with Gasteiger partial charge in [-0.1, -0.05) is 30.3 Å². The summed E-state index contributed by atoms with van der Waals surface area (Å²) >= 11 is 0. The van der Waals surface area contributed by atoms with E-state index < -0.39 is 0 Å². The summed E-state index contributed by atoms with van der Waals surface area (Å²) in [4.78, 5) is 10.2. The molecule has 0 radical (unpaired) electrons. The normalized spacial score (nSPS) is 18.2. The second kappa shape index (κ2) is 7.91. The predicted octanol–water partition coefficient (Wildman–Crippen LogP) is 2.76. The maximum Gasteiger partial charge on any atom is 0.140 e. The van der Waals surface area contributed by atoms with Crippen LogP contribution >= 0.6 is 0 Å². The van der Waals surface area contributed by atoms with Gasteiger partial charge in [-0.2, -0.15) is 0 Å². The largest absolute Gasteiger partial charge is 0.334 e. The molecule has 0 saturated carbocycles. The van der Waals surface area contributed by atoms with Crippen LogP contribution in [0.1, 0.15) is 32.5 Å². The molecule has 1 aliphatic rings. The maximum atomic E-state index is 5.01. The third kappa shape index (κ3) is 4.17. The fourth-order valence-electron chi connectivity index (χ4n) is 3.82. The topological polar surface area (TPSA) is 36.3 Å². The van der Waals surface area contributed by atoms with E-state index in [1.165, 1.54) is 5.56 Å². The van der Waals surface area contributed by atoms with Crippen molar-refractivity contribution < 1.29 is 0 Å². The van der Waals surface area contributed by atoms with Gasteiger partial charge in [-0.05, 0) is 27.8 Å². The van der Waals surface area contributed by atoms with Gasteiger partial charge in [-0.25, -0.2) is 4.98 Å². The van der Waals surface area contributed by atoms with Crippen molar-refractivity contribution in [2.45, 2.75) is 32.4 Å². The van der Waals surface area contributed by atoms with Crippen LogP contribution in [0.25, 0.3) is 11.4 Å². The summed E-state index contributed by atoms with van der Waals surface area (Å²) in [6.45, 7) is 12.2. The van der Waals surface area contributed by atoms with Crippen LogP contribution in [0, 0.1) is 0 Å². The lowest BCUT2D eigenvalue weighted by atomic mass is 10.0. The average molecular weight is 356 g/mol. The van der Waals surface area contributed by atoms with Crippen LogP contribution in [-0.2, 0) is 7.05 Å². The molecule has 0 spiro atoms. The molecule has 1 aliphatic heterocycles. The summed E-state index contributed by atoms with van der Waals surface area (Å²) in [5.41, 5.74) is 2.57. The van der Waals surface area contributed by atoms with Gasteiger partial charge in [0.25, 0.3) is 0 Å². The summed E-state index contributed by atoms with van der Waals surface area (Å²) < 4.78 is 2.15. The SMILES string of the molecule is CNCC(c1cn(C)c(-c2ccccc2)n1)N1CCN(C(C)(C)C)CC1. The van der Waals surface area contributed by atoms with E-state index in [0.29, 0.717) is 6.04 Å². The van der Waals surface area contributed by atoms with Gasteiger partial charge in [0.15, 0.2) is 0 Å². The highest BCUT2D eigenvalue weighted by Crippen LogP contribution is 2.26. The Kier molecular flexibility index (Phi) is 5.80. The van der Waals surface area contributed by atoms with Crippen LogP contribution in [0.2, 0.25) is 0 Å². The molecule has 1 saturated heterocycles. The van der Waals surface area contributed by atoms with E-state index in [-0.39, 0.29) is 5.54 Å². The second-order valence-electron chi connectivity index (χ2n) is 8.23. The number of aryl methyl sites for hydroxylation is 1. The van der Waals surface area contributed by atoms with Crippen LogP contribution in [0.15, 0.2) is 36.5 Å². The lowest BCUT2D eigenvalue weighted by Gasteiger charge is -2.44. The van der Waals surface area contributed by atoms with Gasteiger partial charge in [0.2, 0.25) is 0 Å². The summed E-state index contributed by atoms with van der Waals surface area (Å²) in [6.07, 6.45) is 2.19. The average Bonchev–Trinajstić information content (AvgIpc) is 3.01. The molecule has 5 nitrogen and oxygen atoms in total. The van der Waals surface area contributed by atoms with Crippen molar-refractivity contribution in [2.75, 3.05) is 39.8 Å². The molecular formula is C21H33N5. The van der Waals surface area contributed by atoms with Crippen molar-refractivity contribution in [3.05, 3.63) is 42.2 Å². The first-order valence-electron chi connectivity index (χ1n) is 9.62. The molecule has 3 rings (SSSR count). The van der Waals surface area contributed by atoms with Crippen LogP contribution in [0.5, 0.6) is 0 Å². The molecule has 1 unspecified atom stereocenters. The first-order chi connectivity index (χ1) is 12.4. The van der Waals surface area contributed by atoms with Gasteiger partial charge in [-0.15, -0.1) is 0 Å². The Morgan fingerprint density at radius 3 is 2.31 bits per heavy atom. The molecule has 5 heteroatoms. The molecule has 26 heavy (non-hydrogen) atoms. The Labute approximate surface area is 158 Å². The van der Waals surface area contributed by atoms with E-state index in [4.69, 9.17) is 4.98 Å². The fraction of sp³-hybridized carbons (Fsp3) is 0.571. The molecule has 1 N–H and O–H groups in total. The molecule has 0 aliphatic carbocycles. The second-order valence-corrected chi connectivity index (χ2v) is 8.23. The minimum atomic E-state index is 0.246. The number of imidazole rings is 1. The monoisotopic (exact) mass is 355 g/mol. The number of rotatable bonds is 5. The Morgan fingerprint density at radius 1 is 1.08 bits per heavy atom. The third-order valence-corrected chi connectivity index (χ3v) is 5.37. The number of likely N-dealkylation sites (N-methyl/N-ethyl adjacent to an activating group) is 1. The molecule has 142 valence electrons. The van der Waals surface area contributed by atoms with Crippen LogP contribution in [-0.4, -0.2) is 64.7 Å². The van der Waals surface area contributed by atoms with Crippen LogP contribution in [0.4, 0.5) is 0 Å². The minimum absolute atomic E-state index is 0.246. The van der Waals surface area contributed by atoms with Gasteiger partial charge in [-0.3, -0.25) is 9.80 Å². The zero-order valence-electron chi connectivity index (χ0n) is 16.9. The van der Waals surface area contributed by atoms with E-state index in [1.807, 2.05) is 13.1 Å². The predicted molar refractivity (Wildman–Crippen MR) is 108 cm³/mol. The van der Waals surface area contributed by atoms with E-state index in [9.17, 15) is 0 Å². The standard InChI is InChI=1S/C21H33N5/c1-21(2,3)26-13-11-25(12-14-26)19(15-22-4)18-16-24(5)20(23-18)17-9-7-6-8-10-17/h6-10,16,19,22H,11-15H2,1-5H3. The highest BCUT2D eigenvalue weighted by molar-refractivity contribution is 5.55. The number of benzene rings is 1. The van der Waals surface area contributed by atoms with Crippen molar-refractivity contribution >= 4 is 0 Å². The summed E-state index contributed by atoms with van der Waals surface area (Å²) in [5, 5.41) is 3.37. The molecular weight excluding hydrogens is 322 g/mol. The van der Waals surface area contributed by atoms with Crippen molar-refractivity contribution in [2.24, 2.45) is 7.05 Å². The van der Waals surface area contributed by atoms with Crippen molar-refractivity contribution in [1.29, 1.82) is 0 Å². The van der Waals surface area contributed by atoms with Crippen molar-refractivity contribution in [3.8, 4) is 11.4 Å². The van der Waals surface area contributed by atoms with Crippen LogP contribution < -0.4 is 5.32 Å². The van der Waals surface area contributed by atoms with Gasteiger partial charge < -0.3 is 9.88 Å². The number of hydrogen-bond acceptors (Lipinski definition) is 4. The van der Waals surface area contributed by atoms with Crippen molar-refractivity contribution in [3.63, 3.8) is 0 Å². The zero-order valence-corrected chi connectivity index (χ0v) is 16.9. The third-order valence-electron chi connectivity index (χ3n) is 5.37. The van der Waals surface area contributed by atoms with E-state index >= 15 is 0 Å². The minimum Gasteiger partial charge on any atom is -0.334 e. The Hall–Kier alpha value is -1.69. The molecule has 1 aromatic heterocycles. The highest BCUT2D eigenvalue weighted by Gasteiger charge is 2.30. The van der Waals surface area contributed by atoms with Gasteiger partial charge in [0.1, 0.15) is 5.82 Å². The van der Waals surface area contributed by atoms with Gasteiger partial charge in [0, 0.05) is 57.1 Å². The summed E-state index contributed by atoms with van der Waals surface area (Å²) in [7, 11) is 4.12. The lowest BCUT2D eigenvalue weighted by molar-refractivity contribution is 0.0411. The van der Waals surface area contributed by atoms with E-state index in [0.717, 1.165) is 44.2 Å². The van der Waals surface area contributed by atoms with E-state index in [2.05, 4.69) is 78.0 Å². The van der Waals surface area contributed by atoms with Crippen LogP contribution in [0.3, 0.4) is 0 Å². The van der Waals surface area contributed by atoms with E-state index in [1.54, 1.807) is 0 Å². The number of piperazine rings is 1. The molecule has 0 amide bonds. The van der Waals surface area contributed by atoms with Crippen molar-refractivity contribution in [1.82, 2.24) is 24.7 Å². The lowest BCUT2D eigenvalue weighted by Crippen LogP contribution is -2.54. The summed E-state index contributed by atoms with van der Waals surface area (Å²) in [5.74, 6) is 1.04. The molecule has 2 heterocycles. The van der Waals surface area contributed by atoms with Gasteiger partial charge >= 0.3 is 0 Å². The molecule has 1 fully saturated rings. The zero-order chi connectivity index (χ0) is 18.7. The van der Waals surface area contributed by atoms with Gasteiger partial charge in [0.05, 0.1) is 11.7 Å². The Bertz CT molecular complexity index is 693. The Balaban J connectivity index is 1.79. The first kappa shape index (κ1) is 19.1. The quantitative estimate of drug-likeness (QED) is 0.895. The number of nitrogens with one attached hydrogen (secondary N) is 1. The molecule has 2 aromatic rings. The molecule has 1 aromatic carbocycles. The fourth-order valence-corrected chi connectivity index (χ4v) is 3.82. The smallest absolute Gasteiger partial charge is 0.140 e. The number of aromatic nitrogens is 2. The Morgan fingerprint density at radius 2 is 1.73 bits per heavy atom. The molecule has 0 bridgehead atoms. The highest BCUT2D eigenvalue weighted by atomic mass is 15.3. The first-order valence-corrected chi connectivity index (χ1v) is 9.62.